The second-order valence-electron chi connectivity index (χ2n) is 4.24. The smallest absolute Gasteiger partial charge is 0.0244 e. The number of aryl methyl sites for hydroxylation is 1. The van der Waals surface area contributed by atoms with Gasteiger partial charge in [0.25, 0.3) is 0 Å². The third-order valence-electron chi connectivity index (χ3n) is 2.32. The molecular formula is C15H20. The van der Waals surface area contributed by atoms with Crippen molar-refractivity contribution in [1.82, 2.24) is 0 Å². The van der Waals surface area contributed by atoms with Crippen LogP contribution < -0.4 is 0 Å². The summed E-state index contributed by atoms with van der Waals surface area (Å²) in [6, 6.07) is 10.7. The lowest BCUT2D eigenvalue weighted by Crippen LogP contribution is -1.85. The molecule has 0 atom stereocenters. The largest absolute Gasteiger partial charge is 0.123 e. The van der Waals surface area contributed by atoms with E-state index in [1.54, 1.807) is 0 Å². The predicted octanol–water partition coefficient (Wildman–Crippen LogP) is 4.52. The first-order valence-corrected chi connectivity index (χ1v) is 5.62. The van der Waals surface area contributed by atoms with Crippen LogP contribution in [0.4, 0.5) is 0 Å². The summed E-state index contributed by atoms with van der Waals surface area (Å²) >= 11 is 0. The topological polar surface area (TPSA) is 0 Å². The van der Waals surface area contributed by atoms with Crippen molar-refractivity contribution in [3.63, 3.8) is 0 Å². The zero-order valence-electron chi connectivity index (χ0n) is 10.0. The van der Waals surface area contributed by atoms with Crippen LogP contribution in [0, 0.1) is 0 Å². The van der Waals surface area contributed by atoms with E-state index in [0.717, 1.165) is 6.42 Å². The molecule has 0 spiro atoms. The van der Waals surface area contributed by atoms with Gasteiger partial charge in [-0.15, -0.1) is 5.73 Å². The Bertz CT molecular complexity index is 347. The summed E-state index contributed by atoms with van der Waals surface area (Å²) in [6.45, 7) is 6.36. The lowest BCUT2D eigenvalue weighted by atomic mass is 10.1. The van der Waals surface area contributed by atoms with Crippen LogP contribution in [0.3, 0.4) is 0 Å². The number of hydrogen-bond acceptors (Lipinski definition) is 0. The van der Waals surface area contributed by atoms with Crippen LogP contribution in [-0.4, -0.2) is 0 Å². The van der Waals surface area contributed by atoms with Gasteiger partial charge >= 0.3 is 0 Å². The van der Waals surface area contributed by atoms with Gasteiger partial charge in [0.2, 0.25) is 0 Å². The second kappa shape index (κ2) is 6.27. The lowest BCUT2D eigenvalue weighted by molar-refractivity contribution is 0.812. The van der Waals surface area contributed by atoms with Crippen molar-refractivity contribution in [3.8, 4) is 0 Å². The molecule has 0 saturated heterocycles. The van der Waals surface area contributed by atoms with Gasteiger partial charge < -0.3 is 0 Å². The van der Waals surface area contributed by atoms with Gasteiger partial charge in [-0.2, -0.15) is 0 Å². The molecule has 80 valence electrons. The number of benzene rings is 1. The van der Waals surface area contributed by atoms with Crippen LogP contribution in [0.5, 0.6) is 0 Å². The zero-order valence-corrected chi connectivity index (χ0v) is 10.0. The zero-order chi connectivity index (χ0) is 11.1. The first-order valence-electron chi connectivity index (χ1n) is 5.62. The van der Waals surface area contributed by atoms with E-state index in [1.165, 1.54) is 29.6 Å². The Morgan fingerprint density at radius 1 is 1.07 bits per heavy atom. The van der Waals surface area contributed by atoms with Gasteiger partial charge in [0.1, 0.15) is 0 Å². The monoisotopic (exact) mass is 200 g/mol. The Morgan fingerprint density at radius 2 is 1.73 bits per heavy atom. The van der Waals surface area contributed by atoms with Crippen molar-refractivity contribution in [2.24, 2.45) is 0 Å². The minimum atomic E-state index is 1.15. The fourth-order valence-corrected chi connectivity index (χ4v) is 1.69. The van der Waals surface area contributed by atoms with Crippen molar-refractivity contribution in [1.29, 1.82) is 0 Å². The molecule has 0 aliphatic carbocycles. The van der Waals surface area contributed by atoms with Crippen molar-refractivity contribution < 1.29 is 0 Å². The molecule has 0 unspecified atom stereocenters. The molecule has 0 aliphatic rings. The molecule has 15 heavy (non-hydrogen) atoms. The van der Waals surface area contributed by atoms with E-state index < -0.39 is 0 Å². The Hall–Kier alpha value is -1.26. The summed E-state index contributed by atoms with van der Waals surface area (Å²) < 4.78 is 0. The molecule has 0 radical (unpaired) electrons. The van der Waals surface area contributed by atoms with Crippen molar-refractivity contribution >= 4 is 0 Å². The van der Waals surface area contributed by atoms with Gasteiger partial charge in [0, 0.05) is 0 Å². The van der Waals surface area contributed by atoms with Gasteiger partial charge in [-0.25, -0.2) is 0 Å². The average Bonchev–Trinajstić information content (AvgIpc) is 2.18. The fourth-order valence-electron chi connectivity index (χ4n) is 1.69. The molecule has 0 amide bonds. The van der Waals surface area contributed by atoms with Gasteiger partial charge in [0.05, 0.1) is 0 Å². The molecule has 1 aromatic rings. The van der Waals surface area contributed by atoms with E-state index in [4.69, 9.17) is 0 Å². The predicted molar refractivity (Wildman–Crippen MR) is 66.9 cm³/mol. The molecule has 0 saturated carbocycles. The molecule has 0 heterocycles. The van der Waals surface area contributed by atoms with E-state index in [0.29, 0.717) is 0 Å². The number of allylic oxidation sites excluding steroid dienone is 1. The maximum atomic E-state index is 3.36. The molecule has 0 N–H and O–H groups in total. The van der Waals surface area contributed by atoms with E-state index in [9.17, 15) is 0 Å². The highest BCUT2D eigenvalue weighted by Crippen LogP contribution is 2.09. The summed E-state index contributed by atoms with van der Waals surface area (Å²) in [7, 11) is 0. The van der Waals surface area contributed by atoms with E-state index in [2.05, 4.69) is 56.8 Å². The maximum absolute atomic E-state index is 3.36. The highest BCUT2D eigenvalue weighted by Gasteiger charge is 1.93. The Balaban J connectivity index is 2.38. The summed E-state index contributed by atoms with van der Waals surface area (Å²) in [5, 5.41) is 0. The minimum Gasteiger partial charge on any atom is -0.123 e. The average molecular weight is 200 g/mol. The third kappa shape index (κ3) is 5.24. The van der Waals surface area contributed by atoms with Crippen LogP contribution in [-0.2, 0) is 6.42 Å². The highest BCUT2D eigenvalue weighted by molar-refractivity contribution is 5.15. The van der Waals surface area contributed by atoms with Gasteiger partial charge in [-0.3, -0.25) is 0 Å². The van der Waals surface area contributed by atoms with Gasteiger partial charge in [-0.05, 0) is 56.7 Å². The molecule has 0 heteroatoms. The van der Waals surface area contributed by atoms with Crippen molar-refractivity contribution in [3.05, 3.63) is 52.8 Å². The van der Waals surface area contributed by atoms with Gasteiger partial charge in [-0.1, -0.05) is 30.3 Å². The lowest BCUT2D eigenvalue weighted by Gasteiger charge is -2.00. The van der Waals surface area contributed by atoms with E-state index >= 15 is 0 Å². The fraction of sp³-hybridized carbons (Fsp3) is 0.400. The summed E-state index contributed by atoms with van der Waals surface area (Å²) in [4.78, 5) is 0. The first-order chi connectivity index (χ1) is 7.18. The van der Waals surface area contributed by atoms with Crippen molar-refractivity contribution in [2.45, 2.75) is 40.0 Å². The van der Waals surface area contributed by atoms with Crippen LogP contribution in [0.15, 0.2) is 47.2 Å². The third-order valence-corrected chi connectivity index (χ3v) is 2.32. The van der Waals surface area contributed by atoms with Crippen LogP contribution >= 0.6 is 0 Å². The molecule has 0 aromatic heterocycles. The quantitative estimate of drug-likeness (QED) is 0.627. The molecule has 1 rings (SSSR count). The molecule has 0 bridgehead atoms. The van der Waals surface area contributed by atoms with Gasteiger partial charge in [0.15, 0.2) is 0 Å². The highest BCUT2D eigenvalue weighted by atomic mass is 14.0. The number of hydrogen-bond donors (Lipinski definition) is 0. The second-order valence-corrected chi connectivity index (χ2v) is 4.24. The maximum Gasteiger partial charge on any atom is -0.0244 e. The molecule has 0 fully saturated rings. The Kier molecular flexibility index (Phi) is 4.93. The van der Waals surface area contributed by atoms with Crippen LogP contribution in [0.2, 0.25) is 0 Å². The molecule has 0 nitrogen and oxygen atoms in total. The van der Waals surface area contributed by atoms with E-state index in [-0.39, 0.29) is 0 Å². The SMILES string of the molecule is CC(C)=C=C(C)CCCc1ccccc1. The normalized spacial score (nSPS) is 9.53. The minimum absolute atomic E-state index is 1.15. The summed E-state index contributed by atoms with van der Waals surface area (Å²) in [5.74, 6) is 0. The molecule has 0 aliphatic heterocycles. The summed E-state index contributed by atoms with van der Waals surface area (Å²) in [6.07, 6.45) is 3.54. The number of rotatable bonds is 4. The Labute approximate surface area is 93.3 Å². The van der Waals surface area contributed by atoms with Crippen LogP contribution in [0.1, 0.15) is 39.2 Å². The summed E-state index contributed by atoms with van der Waals surface area (Å²) in [5.41, 5.74) is 7.43. The standard InChI is InChI=1S/C15H20/c1-13(2)12-14(3)8-7-11-15-9-5-4-6-10-15/h4-6,9-10H,7-8,11H2,1-3H3. The first kappa shape index (κ1) is 11.8. The Morgan fingerprint density at radius 3 is 2.33 bits per heavy atom. The van der Waals surface area contributed by atoms with E-state index in [1.807, 2.05) is 0 Å². The molecular weight excluding hydrogens is 180 g/mol. The molecule has 1 aromatic carbocycles. The van der Waals surface area contributed by atoms with Crippen LogP contribution in [0.25, 0.3) is 0 Å². The van der Waals surface area contributed by atoms with Crippen molar-refractivity contribution in [2.75, 3.05) is 0 Å².